The third-order valence-electron chi connectivity index (χ3n) is 6.57. The van der Waals surface area contributed by atoms with Crippen LogP contribution in [0.3, 0.4) is 0 Å². The van der Waals surface area contributed by atoms with Crippen LogP contribution < -0.4 is 25.6 Å². The predicted molar refractivity (Wildman–Crippen MR) is 174 cm³/mol. The molecule has 5 N–H and O–H groups in total. The van der Waals surface area contributed by atoms with E-state index < -0.39 is 31.8 Å². The van der Waals surface area contributed by atoms with Gasteiger partial charge in [-0.25, -0.2) is 26.3 Å². The molecule has 0 aliphatic heterocycles. The molecule has 4 rings (SSSR count). The summed E-state index contributed by atoms with van der Waals surface area (Å²) in [5.74, 6) is 0.362. The number of rotatable bonds is 12. The molecule has 1 aromatic heterocycles. The number of hydrogen-bond acceptors (Lipinski definition) is 11. The number of sulfonamides is 2. The van der Waals surface area contributed by atoms with Crippen molar-refractivity contribution < 1.29 is 30.0 Å². The van der Waals surface area contributed by atoms with Gasteiger partial charge in [0.05, 0.1) is 26.8 Å². The highest BCUT2D eigenvalue weighted by molar-refractivity contribution is 7.89. The number of aromatic nitrogens is 2. The molecule has 0 unspecified atom stereocenters. The van der Waals surface area contributed by atoms with Crippen LogP contribution in [0, 0.1) is 0 Å². The predicted octanol–water partition coefficient (Wildman–Crippen LogP) is 4.73. The molecular formula is C29H30F3N9O4S2. The smallest absolute Gasteiger partial charge is 0.324 e. The van der Waals surface area contributed by atoms with Gasteiger partial charge in [-0.05, 0) is 87.6 Å². The van der Waals surface area contributed by atoms with E-state index in [1.807, 2.05) is 0 Å². The zero-order chi connectivity index (χ0) is 34.4. The molecule has 0 saturated heterocycles. The summed E-state index contributed by atoms with van der Waals surface area (Å²) in [7, 11) is -4.59. The summed E-state index contributed by atoms with van der Waals surface area (Å²) in [6, 6.07) is 17.9. The Hall–Kier alpha value is -4.91. The Balaban J connectivity index is 1.60. The lowest BCUT2D eigenvalue weighted by Crippen LogP contribution is -2.18. The number of nitrogens with one attached hydrogen (secondary N) is 5. The molecule has 0 aliphatic carbocycles. The minimum absolute atomic E-state index is 0.00113. The van der Waals surface area contributed by atoms with Crippen molar-refractivity contribution in [2.24, 2.45) is 10.2 Å². The molecule has 0 bridgehead atoms. The summed E-state index contributed by atoms with van der Waals surface area (Å²) in [5, 5.41) is 11.5. The highest BCUT2D eigenvalue weighted by atomic mass is 32.2. The summed E-state index contributed by atoms with van der Waals surface area (Å²) in [6.45, 7) is 3.38. The van der Waals surface area contributed by atoms with Gasteiger partial charge in [0.1, 0.15) is 0 Å². The molecule has 0 saturated carbocycles. The zero-order valence-electron chi connectivity index (χ0n) is 25.4. The molecular weight excluding hydrogens is 660 g/mol. The third kappa shape index (κ3) is 9.09. The number of halogens is 3. The number of alkyl halides is 3. The average molecular weight is 690 g/mol. The van der Waals surface area contributed by atoms with Crippen LogP contribution in [0.4, 0.5) is 36.4 Å². The van der Waals surface area contributed by atoms with Crippen molar-refractivity contribution in [2.75, 3.05) is 30.3 Å². The van der Waals surface area contributed by atoms with Gasteiger partial charge in [0.25, 0.3) is 0 Å². The van der Waals surface area contributed by atoms with E-state index in [-0.39, 0.29) is 33.1 Å². The van der Waals surface area contributed by atoms with Gasteiger partial charge in [-0.15, -0.1) is 0 Å². The van der Waals surface area contributed by atoms with Gasteiger partial charge in [-0.3, -0.25) is 10.9 Å². The summed E-state index contributed by atoms with van der Waals surface area (Å²) in [5.41, 5.74) is 7.30. The number of anilines is 4. The third-order valence-corrected chi connectivity index (χ3v) is 9.43. The fourth-order valence-corrected chi connectivity index (χ4v) is 5.35. The Kier molecular flexibility index (Phi) is 10.6. The average Bonchev–Trinajstić information content (AvgIpc) is 3.06. The molecule has 4 aromatic rings. The van der Waals surface area contributed by atoms with Gasteiger partial charge in [0.2, 0.25) is 26.0 Å². The number of hydrazone groups is 2. The molecule has 248 valence electrons. The molecule has 1 heterocycles. The van der Waals surface area contributed by atoms with E-state index in [0.29, 0.717) is 22.6 Å². The molecule has 3 aromatic carbocycles. The maximum Gasteiger partial charge on any atom is 0.416 e. The Bertz CT molecular complexity index is 1890. The topological polar surface area (TPSA) is 179 Å². The van der Waals surface area contributed by atoms with E-state index in [0.717, 1.165) is 12.1 Å². The van der Waals surface area contributed by atoms with E-state index in [4.69, 9.17) is 0 Å². The second-order valence-electron chi connectivity index (χ2n) is 9.74. The van der Waals surface area contributed by atoms with Crippen LogP contribution in [0.1, 0.15) is 30.5 Å². The number of benzene rings is 3. The van der Waals surface area contributed by atoms with Gasteiger partial charge in [-0.1, -0.05) is 24.3 Å². The van der Waals surface area contributed by atoms with Crippen LogP contribution in [-0.2, 0) is 26.2 Å². The first-order valence-corrected chi connectivity index (χ1v) is 16.6. The lowest BCUT2D eigenvalue weighted by molar-refractivity contribution is -0.137. The molecule has 18 heteroatoms. The second kappa shape index (κ2) is 14.2. The van der Waals surface area contributed by atoms with Gasteiger partial charge < -0.3 is 5.32 Å². The highest BCUT2D eigenvalue weighted by Crippen LogP contribution is 2.30. The Morgan fingerprint density at radius 1 is 0.660 bits per heavy atom. The van der Waals surface area contributed by atoms with Crippen molar-refractivity contribution in [3.8, 4) is 0 Å². The maximum atomic E-state index is 13.0. The fraction of sp³-hybridized carbons (Fsp3) is 0.172. The van der Waals surface area contributed by atoms with Gasteiger partial charge >= 0.3 is 6.18 Å². The molecule has 0 spiro atoms. The Labute approximate surface area is 269 Å². The van der Waals surface area contributed by atoms with Crippen molar-refractivity contribution in [3.63, 3.8) is 0 Å². The Morgan fingerprint density at radius 2 is 1.06 bits per heavy atom. The Morgan fingerprint density at radius 3 is 1.43 bits per heavy atom. The van der Waals surface area contributed by atoms with Crippen LogP contribution in [0.15, 0.2) is 98.9 Å². The van der Waals surface area contributed by atoms with Crippen LogP contribution in [0.25, 0.3) is 0 Å². The lowest BCUT2D eigenvalue weighted by atomic mass is 10.1. The second-order valence-corrected chi connectivity index (χ2v) is 13.5. The first-order chi connectivity index (χ1) is 22.1. The van der Waals surface area contributed by atoms with E-state index >= 15 is 0 Å². The van der Waals surface area contributed by atoms with Gasteiger partial charge in [0, 0.05) is 11.8 Å². The summed E-state index contributed by atoms with van der Waals surface area (Å²) in [4.78, 5) is 8.87. The summed E-state index contributed by atoms with van der Waals surface area (Å²) in [6.07, 6.45) is -4.50. The maximum absolute atomic E-state index is 13.0. The van der Waals surface area contributed by atoms with E-state index in [1.54, 1.807) is 38.1 Å². The van der Waals surface area contributed by atoms with Crippen molar-refractivity contribution in [2.45, 2.75) is 29.8 Å². The molecule has 0 fully saturated rings. The quantitative estimate of drug-likeness (QED) is 0.104. The molecule has 0 aliphatic rings. The van der Waals surface area contributed by atoms with Crippen molar-refractivity contribution in [3.05, 3.63) is 95.6 Å². The van der Waals surface area contributed by atoms with Crippen LogP contribution in [0.5, 0.6) is 0 Å². The largest absolute Gasteiger partial charge is 0.416 e. The van der Waals surface area contributed by atoms with E-state index in [2.05, 4.69) is 45.8 Å². The minimum atomic E-state index is -4.50. The molecule has 47 heavy (non-hydrogen) atoms. The molecule has 13 nitrogen and oxygen atoms in total. The first-order valence-electron chi connectivity index (χ1n) is 13.6. The molecule has 0 amide bonds. The summed E-state index contributed by atoms with van der Waals surface area (Å²) < 4.78 is 91.7. The van der Waals surface area contributed by atoms with E-state index in [9.17, 15) is 30.0 Å². The zero-order valence-corrected chi connectivity index (χ0v) is 27.0. The monoisotopic (exact) mass is 689 g/mol. The highest BCUT2D eigenvalue weighted by Gasteiger charge is 2.30. The van der Waals surface area contributed by atoms with E-state index in [1.165, 1.54) is 56.6 Å². The minimum Gasteiger partial charge on any atom is -0.324 e. The number of nitrogens with zero attached hydrogens (tertiary/aromatic N) is 4. The molecule has 0 radical (unpaired) electrons. The lowest BCUT2D eigenvalue weighted by Gasteiger charge is -2.11. The number of hydrogen-bond donors (Lipinski definition) is 5. The van der Waals surface area contributed by atoms with Crippen molar-refractivity contribution in [1.29, 1.82) is 0 Å². The van der Waals surface area contributed by atoms with Crippen LogP contribution in [-0.4, -0.2) is 52.3 Å². The van der Waals surface area contributed by atoms with Crippen molar-refractivity contribution >= 4 is 54.7 Å². The molecule has 0 atom stereocenters. The normalized spacial score (nSPS) is 12.9. The SMILES string of the molecule is CNS(=O)(=O)c1ccc(C(C)=NNc2cc(NN=C(C)c3ccc(S(=O)(=O)NC)cc3)nc(Nc3ccc(C(F)(F)F)cc3)n2)cc1. The first kappa shape index (κ1) is 35.0. The standard InChI is InChI=1S/C29H30F3N9O4S2/c1-18(20-5-13-24(14-6-20)46(42,43)33-3)38-40-26-17-27(37-28(36-26)35-23-11-9-22(10-12-23)29(30,31)32)41-39-19(2)21-7-15-25(16-8-21)47(44,45)34-4/h5-17,33-34H,1-4H3,(H3,35,36,37,40,41). The van der Waals surface area contributed by atoms with Crippen LogP contribution >= 0.6 is 0 Å². The van der Waals surface area contributed by atoms with Gasteiger partial charge in [0.15, 0.2) is 11.6 Å². The fourth-order valence-electron chi connectivity index (χ4n) is 3.89. The summed E-state index contributed by atoms with van der Waals surface area (Å²) >= 11 is 0. The van der Waals surface area contributed by atoms with Crippen LogP contribution in [0.2, 0.25) is 0 Å². The van der Waals surface area contributed by atoms with Gasteiger partial charge in [-0.2, -0.15) is 33.3 Å². The van der Waals surface area contributed by atoms with Crippen molar-refractivity contribution in [1.82, 2.24) is 19.4 Å².